The minimum atomic E-state index is -0.257. The van der Waals surface area contributed by atoms with E-state index in [1.165, 1.54) is 13.0 Å². The van der Waals surface area contributed by atoms with Crippen LogP contribution in [0.4, 0.5) is 5.69 Å². The van der Waals surface area contributed by atoms with Crippen molar-refractivity contribution in [2.75, 3.05) is 18.5 Å². The third kappa shape index (κ3) is 5.48. The lowest BCUT2D eigenvalue weighted by Gasteiger charge is -2.11. The summed E-state index contributed by atoms with van der Waals surface area (Å²) < 4.78 is 11.1. The van der Waals surface area contributed by atoms with Crippen LogP contribution >= 0.6 is 0 Å². The number of ether oxygens (including phenoxy) is 2. The van der Waals surface area contributed by atoms with E-state index in [0.717, 1.165) is 5.56 Å². The highest BCUT2D eigenvalue weighted by atomic mass is 16.5. The van der Waals surface area contributed by atoms with Gasteiger partial charge in [0, 0.05) is 17.3 Å². The van der Waals surface area contributed by atoms with Crippen molar-refractivity contribution in [3.63, 3.8) is 0 Å². The first-order valence-electron chi connectivity index (χ1n) is 8.53. The zero-order chi connectivity index (χ0) is 18.9. The Bertz CT molecular complexity index is 794. The second-order valence-electron chi connectivity index (χ2n) is 5.53. The number of Topliss-reactive ketones (excluding diaryl/α,β-unsaturated/α-hetero) is 1. The molecule has 0 atom stereocenters. The molecule has 5 nitrogen and oxygen atoms in total. The highest BCUT2D eigenvalue weighted by molar-refractivity contribution is 6.02. The monoisotopic (exact) mass is 353 g/mol. The predicted octanol–water partition coefficient (Wildman–Crippen LogP) is 4.34. The summed E-state index contributed by atoms with van der Waals surface area (Å²) in [5, 5.41) is 2.76. The van der Waals surface area contributed by atoms with Crippen LogP contribution in [0.25, 0.3) is 6.08 Å². The average Bonchev–Trinajstić information content (AvgIpc) is 2.62. The smallest absolute Gasteiger partial charge is 0.248 e. The van der Waals surface area contributed by atoms with Gasteiger partial charge in [-0.05, 0) is 68.8 Å². The molecule has 0 aliphatic carbocycles. The second-order valence-corrected chi connectivity index (χ2v) is 5.53. The van der Waals surface area contributed by atoms with Gasteiger partial charge in [0.15, 0.2) is 17.3 Å². The average molecular weight is 353 g/mol. The van der Waals surface area contributed by atoms with E-state index in [0.29, 0.717) is 36.0 Å². The molecule has 0 bridgehead atoms. The number of anilines is 1. The zero-order valence-electron chi connectivity index (χ0n) is 15.2. The minimum Gasteiger partial charge on any atom is -0.490 e. The molecule has 0 saturated heterocycles. The highest BCUT2D eigenvalue weighted by Gasteiger charge is 2.05. The molecule has 0 radical (unpaired) electrons. The highest BCUT2D eigenvalue weighted by Crippen LogP contribution is 2.29. The summed E-state index contributed by atoms with van der Waals surface area (Å²) in [7, 11) is 0. The molecule has 5 heteroatoms. The standard InChI is InChI=1S/C21H23NO4/c1-4-25-19-12-6-16(14-20(19)26-5-2)7-13-21(24)22-18-10-8-17(9-11-18)15(3)23/h6-14H,4-5H2,1-3H3,(H,22,24)/b13-7+. The summed E-state index contributed by atoms with van der Waals surface area (Å²) >= 11 is 0. The lowest BCUT2D eigenvalue weighted by molar-refractivity contribution is -0.111. The third-order valence-corrected chi connectivity index (χ3v) is 3.55. The number of amides is 1. The van der Waals surface area contributed by atoms with Crippen LogP contribution in [-0.4, -0.2) is 24.9 Å². The number of hydrogen-bond donors (Lipinski definition) is 1. The number of benzene rings is 2. The molecule has 1 N–H and O–H groups in total. The van der Waals surface area contributed by atoms with E-state index in [9.17, 15) is 9.59 Å². The van der Waals surface area contributed by atoms with Crippen molar-refractivity contribution in [3.8, 4) is 11.5 Å². The van der Waals surface area contributed by atoms with Crippen molar-refractivity contribution in [1.82, 2.24) is 0 Å². The Morgan fingerprint density at radius 3 is 2.23 bits per heavy atom. The van der Waals surface area contributed by atoms with Gasteiger partial charge in [-0.2, -0.15) is 0 Å². The number of ketones is 1. The Labute approximate surface area is 153 Å². The van der Waals surface area contributed by atoms with Crippen molar-refractivity contribution in [2.24, 2.45) is 0 Å². The van der Waals surface area contributed by atoms with E-state index >= 15 is 0 Å². The van der Waals surface area contributed by atoms with E-state index in [1.54, 1.807) is 30.3 Å². The van der Waals surface area contributed by atoms with Gasteiger partial charge in [0.1, 0.15) is 0 Å². The molecule has 0 aromatic heterocycles. The van der Waals surface area contributed by atoms with E-state index in [1.807, 2.05) is 32.0 Å². The molecule has 2 aromatic rings. The van der Waals surface area contributed by atoms with Crippen LogP contribution in [0.1, 0.15) is 36.7 Å². The molecular weight excluding hydrogens is 330 g/mol. The van der Waals surface area contributed by atoms with Crippen LogP contribution in [-0.2, 0) is 4.79 Å². The Hall–Kier alpha value is -3.08. The molecule has 0 aliphatic rings. The van der Waals surface area contributed by atoms with Crippen LogP contribution in [0.2, 0.25) is 0 Å². The molecular formula is C21H23NO4. The summed E-state index contributed by atoms with van der Waals surface area (Å²) in [6.45, 7) is 6.41. The largest absolute Gasteiger partial charge is 0.490 e. The molecule has 0 heterocycles. The molecule has 0 saturated carbocycles. The van der Waals surface area contributed by atoms with E-state index < -0.39 is 0 Å². The topological polar surface area (TPSA) is 64.6 Å². The second kappa shape index (κ2) is 9.42. The molecule has 136 valence electrons. The molecule has 26 heavy (non-hydrogen) atoms. The molecule has 0 unspecified atom stereocenters. The van der Waals surface area contributed by atoms with Crippen LogP contribution in [0.5, 0.6) is 11.5 Å². The SMILES string of the molecule is CCOc1ccc(/C=C/C(=O)Nc2ccc(C(C)=O)cc2)cc1OCC. The molecule has 0 aliphatic heterocycles. The fourth-order valence-corrected chi connectivity index (χ4v) is 2.32. The molecule has 0 spiro atoms. The van der Waals surface area contributed by atoms with E-state index in [4.69, 9.17) is 9.47 Å². The lowest BCUT2D eigenvalue weighted by Crippen LogP contribution is -2.07. The first-order valence-corrected chi connectivity index (χ1v) is 8.53. The minimum absolute atomic E-state index is 0.0108. The summed E-state index contributed by atoms with van der Waals surface area (Å²) in [4.78, 5) is 23.3. The normalized spacial score (nSPS) is 10.6. The van der Waals surface area contributed by atoms with Gasteiger partial charge in [-0.15, -0.1) is 0 Å². The van der Waals surface area contributed by atoms with Crippen LogP contribution in [0, 0.1) is 0 Å². The van der Waals surface area contributed by atoms with Gasteiger partial charge in [0.25, 0.3) is 0 Å². The van der Waals surface area contributed by atoms with Crippen LogP contribution in [0.15, 0.2) is 48.5 Å². The summed E-state index contributed by atoms with van der Waals surface area (Å²) in [6.07, 6.45) is 3.15. The Morgan fingerprint density at radius 2 is 1.62 bits per heavy atom. The van der Waals surface area contributed by atoms with Gasteiger partial charge in [-0.3, -0.25) is 9.59 Å². The quantitative estimate of drug-likeness (QED) is 0.566. The first-order chi connectivity index (χ1) is 12.5. The van der Waals surface area contributed by atoms with Gasteiger partial charge in [-0.1, -0.05) is 6.07 Å². The molecule has 0 fully saturated rings. The molecule has 2 aromatic carbocycles. The first kappa shape index (κ1) is 19.2. The summed E-state index contributed by atoms with van der Waals surface area (Å²) in [6, 6.07) is 12.3. The van der Waals surface area contributed by atoms with Gasteiger partial charge < -0.3 is 14.8 Å². The predicted molar refractivity (Wildman–Crippen MR) is 103 cm³/mol. The number of carbonyl (C=O) groups excluding carboxylic acids is 2. The maximum atomic E-state index is 12.1. The fourth-order valence-electron chi connectivity index (χ4n) is 2.32. The maximum absolute atomic E-state index is 12.1. The van der Waals surface area contributed by atoms with Crippen molar-refractivity contribution < 1.29 is 19.1 Å². The zero-order valence-corrected chi connectivity index (χ0v) is 15.2. The molecule has 2 rings (SSSR count). The summed E-state index contributed by atoms with van der Waals surface area (Å²) in [5.41, 5.74) is 2.07. The van der Waals surface area contributed by atoms with Crippen molar-refractivity contribution >= 4 is 23.5 Å². The third-order valence-electron chi connectivity index (χ3n) is 3.55. The Kier molecular flexibility index (Phi) is 6.97. The lowest BCUT2D eigenvalue weighted by atomic mass is 10.1. The van der Waals surface area contributed by atoms with E-state index in [2.05, 4.69) is 5.32 Å². The van der Waals surface area contributed by atoms with Crippen molar-refractivity contribution in [2.45, 2.75) is 20.8 Å². The van der Waals surface area contributed by atoms with Gasteiger partial charge in [0.2, 0.25) is 5.91 Å². The van der Waals surface area contributed by atoms with Crippen LogP contribution in [0.3, 0.4) is 0 Å². The number of carbonyl (C=O) groups is 2. The number of nitrogens with one attached hydrogen (secondary N) is 1. The van der Waals surface area contributed by atoms with Crippen molar-refractivity contribution in [1.29, 1.82) is 0 Å². The molecule has 1 amide bonds. The van der Waals surface area contributed by atoms with Gasteiger partial charge in [-0.25, -0.2) is 0 Å². The number of hydrogen-bond acceptors (Lipinski definition) is 4. The van der Waals surface area contributed by atoms with E-state index in [-0.39, 0.29) is 11.7 Å². The Morgan fingerprint density at radius 1 is 0.962 bits per heavy atom. The summed E-state index contributed by atoms with van der Waals surface area (Å²) in [5.74, 6) is 1.06. The van der Waals surface area contributed by atoms with Crippen LogP contribution < -0.4 is 14.8 Å². The van der Waals surface area contributed by atoms with Crippen molar-refractivity contribution in [3.05, 3.63) is 59.7 Å². The Balaban J connectivity index is 2.04. The number of rotatable bonds is 8. The fraction of sp³-hybridized carbons (Fsp3) is 0.238. The van der Waals surface area contributed by atoms with Gasteiger partial charge >= 0.3 is 0 Å². The maximum Gasteiger partial charge on any atom is 0.248 e. The van der Waals surface area contributed by atoms with Gasteiger partial charge in [0.05, 0.1) is 13.2 Å².